The number of aryl methyl sites for hydroxylation is 1. The molecular formula is C35H47Cl2N3O6. The molecule has 1 aliphatic heterocycles. The van der Waals surface area contributed by atoms with Crippen LogP contribution in [0.5, 0.6) is 34.5 Å². The third-order valence-electron chi connectivity index (χ3n) is 8.41. The van der Waals surface area contributed by atoms with Crippen molar-refractivity contribution in [3.05, 3.63) is 64.7 Å². The number of rotatable bonds is 16. The van der Waals surface area contributed by atoms with Crippen molar-refractivity contribution >= 4 is 28.9 Å². The molecule has 0 bridgehead atoms. The topological polar surface area (TPSA) is 65.1 Å². The van der Waals surface area contributed by atoms with Gasteiger partial charge in [0.2, 0.25) is 11.5 Å². The molecule has 0 atom stereocenters. The third-order valence-corrected chi connectivity index (χ3v) is 8.75. The first-order valence-corrected chi connectivity index (χ1v) is 16.5. The molecule has 252 valence electrons. The second-order valence-corrected chi connectivity index (χ2v) is 11.9. The Kier molecular flexibility index (Phi) is 13.2. The molecule has 3 aromatic carbocycles. The first-order chi connectivity index (χ1) is 22.3. The number of nitrogens with zero attached hydrogens (tertiary/aromatic N) is 3. The fraction of sp³-hybridized carbons (Fsp3) is 0.486. The van der Waals surface area contributed by atoms with Gasteiger partial charge in [0.25, 0.3) is 0 Å². The highest BCUT2D eigenvalue weighted by atomic mass is 35.5. The average Bonchev–Trinajstić information content (AvgIpc) is 3.07. The lowest BCUT2D eigenvalue weighted by Crippen LogP contribution is -2.47. The van der Waals surface area contributed by atoms with Gasteiger partial charge in [-0.3, -0.25) is 9.80 Å². The Hall–Kier alpha value is -3.24. The second kappa shape index (κ2) is 17.1. The van der Waals surface area contributed by atoms with Crippen LogP contribution in [0.1, 0.15) is 34.8 Å². The van der Waals surface area contributed by atoms with Crippen LogP contribution >= 0.6 is 23.2 Å². The summed E-state index contributed by atoms with van der Waals surface area (Å²) in [6, 6.07) is 14.8. The highest BCUT2D eigenvalue weighted by molar-refractivity contribution is 6.18. The summed E-state index contributed by atoms with van der Waals surface area (Å²) >= 11 is 12.3. The summed E-state index contributed by atoms with van der Waals surface area (Å²) in [5, 5.41) is 0. The predicted octanol–water partition coefficient (Wildman–Crippen LogP) is 6.74. The zero-order chi connectivity index (χ0) is 33.2. The van der Waals surface area contributed by atoms with Crippen molar-refractivity contribution in [2.75, 3.05) is 85.5 Å². The molecule has 0 aromatic heterocycles. The summed E-state index contributed by atoms with van der Waals surface area (Å²) in [7, 11) is 9.82. The molecule has 1 heterocycles. The van der Waals surface area contributed by atoms with Gasteiger partial charge < -0.3 is 33.3 Å². The van der Waals surface area contributed by atoms with Gasteiger partial charge in [-0.05, 0) is 72.0 Å². The van der Waals surface area contributed by atoms with Gasteiger partial charge in [-0.25, -0.2) is 0 Å². The molecule has 3 aromatic rings. The number of halogens is 2. The molecule has 0 spiro atoms. The monoisotopic (exact) mass is 675 g/mol. The third kappa shape index (κ3) is 8.00. The summed E-state index contributed by atoms with van der Waals surface area (Å²) in [4.78, 5) is 7.26. The van der Waals surface area contributed by atoms with Crippen LogP contribution in [0, 0.1) is 6.92 Å². The fourth-order valence-electron chi connectivity index (χ4n) is 6.32. The average molecular weight is 677 g/mol. The molecule has 1 aliphatic rings. The standard InChI is InChI=1S/C35H47Cl2N3O6/c1-24-17-27(38(15-11-36)16-12-37)9-10-28(24)35-39(22-25-18-29(41-2)33(45-6)30(19-25)42-3)13-8-14-40(35)23-26-20-31(43-4)34(46-7)32(21-26)44-5/h9-10,17-21,35H,8,11-16,22-23H2,1-7H3. The zero-order valence-corrected chi connectivity index (χ0v) is 29.5. The van der Waals surface area contributed by atoms with E-state index >= 15 is 0 Å². The van der Waals surface area contributed by atoms with E-state index < -0.39 is 0 Å². The minimum absolute atomic E-state index is 0.0181. The van der Waals surface area contributed by atoms with E-state index in [0.717, 1.165) is 49.4 Å². The van der Waals surface area contributed by atoms with Crippen molar-refractivity contribution < 1.29 is 28.4 Å². The Labute approximate surface area is 283 Å². The molecular weight excluding hydrogens is 629 g/mol. The molecule has 4 rings (SSSR count). The van der Waals surface area contributed by atoms with Crippen molar-refractivity contribution in [2.24, 2.45) is 0 Å². The second-order valence-electron chi connectivity index (χ2n) is 11.1. The summed E-state index contributed by atoms with van der Waals surface area (Å²) in [5.41, 5.74) is 5.69. The van der Waals surface area contributed by atoms with Gasteiger partial charge >= 0.3 is 0 Å². The molecule has 0 saturated carbocycles. The van der Waals surface area contributed by atoms with Crippen molar-refractivity contribution in [3.63, 3.8) is 0 Å². The van der Waals surface area contributed by atoms with Crippen molar-refractivity contribution in [1.29, 1.82) is 0 Å². The Morgan fingerprint density at radius 1 is 0.652 bits per heavy atom. The lowest BCUT2D eigenvalue weighted by Gasteiger charge is -2.45. The minimum atomic E-state index is -0.0181. The van der Waals surface area contributed by atoms with Crippen molar-refractivity contribution in [2.45, 2.75) is 32.6 Å². The van der Waals surface area contributed by atoms with Crippen LogP contribution in [-0.4, -0.2) is 90.4 Å². The number of methoxy groups -OCH3 is 6. The SMILES string of the molecule is COc1cc(CN2CCCN(Cc3cc(OC)c(OC)c(OC)c3)C2c2ccc(N(CCCl)CCCl)cc2C)cc(OC)c1OC. The molecule has 0 N–H and O–H groups in total. The molecule has 0 radical (unpaired) electrons. The molecule has 1 fully saturated rings. The van der Waals surface area contributed by atoms with E-state index in [9.17, 15) is 0 Å². The normalized spacial score (nSPS) is 14.2. The van der Waals surface area contributed by atoms with Gasteiger partial charge in [0.1, 0.15) is 0 Å². The van der Waals surface area contributed by atoms with Crippen LogP contribution in [0.25, 0.3) is 0 Å². The molecule has 1 saturated heterocycles. The van der Waals surface area contributed by atoms with E-state index in [1.165, 1.54) is 11.1 Å². The smallest absolute Gasteiger partial charge is 0.203 e. The molecule has 11 heteroatoms. The van der Waals surface area contributed by atoms with Gasteiger partial charge in [-0.1, -0.05) is 6.07 Å². The van der Waals surface area contributed by atoms with E-state index in [4.69, 9.17) is 51.6 Å². The van der Waals surface area contributed by atoms with Gasteiger partial charge in [0.15, 0.2) is 23.0 Å². The first-order valence-electron chi connectivity index (χ1n) is 15.4. The van der Waals surface area contributed by atoms with Crippen LogP contribution in [-0.2, 0) is 13.1 Å². The minimum Gasteiger partial charge on any atom is -0.493 e. The van der Waals surface area contributed by atoms with E-state index in [1.807, 2.05) is 24.3 Å². The van der Waals surface area contributed by atoms with E-state index in [0.29, 0.717) is 59.3 Å². The van der Waals surface area contributed by atoms with Gasteiger partial charge in [0.05, 0.1) is 48.8 Å². The number of hydrogen-bond acceptors (Lipinski definition) is 9. The quantitative estimate of drug-likeness (QED) is 0.154. The van der Waals surface area contributed by atoms with Gasteiger partial charge in [-0.15, -0.1) is 23.2 Å². The zero-order valence-electron chi connectivity index (χ0n) is 28.0. The number of anilines is 1. The first kappa shape index (κ1) is 35.6. The number of alkyl halides is 2. The highest BCUT2D eigenvalue weighted by Gasteiger charge is 2.33. The largest absolute Gasteiger partial charge is 0.493 e. The van der Waals surface area contributed by atoms with Gasteiger partial charge in [-0.2, -0.15) is 0 Å². The Morgan fingerprint density at radius 2 is 1.09 bits per heavy atom. The van der Waals surface area contributed by atoms with Crippen LogP contribution in [0.4, 0.5) is 5.69 Å². The molecule has 9 nitrogen and oxygen atoms in total. The maximum Gasteiger partial charge on any atom is 0.203 e. The van der Waals surface area contributed by atoms with Crippen LogP contribution in [0.15, 0.2) is 42.5 Å². The molecule has 0 aliphatic carbocycles. The lowest BCUT2D eigenvalue weighted by molar-refractivity contribution is -0.00957. The number of benzene rings is 3. The molecule has 0 unspecified atom stereocenters. The van der Waals surface area contributed by atoms with Crippen molar-refractivity contribution in [1.82, 2.24) is 9.80 Å². The van der Waals surface area contributed by atoms with E-state index in [2.05, 4.69) is 39.8 Å². The Bertz CT molecular complexity index is 1310. The van der Waals surface area contributed by atoms with E-state index in [1.54, 1.807) is 42.7 Å². The number of ether oxygens (including phenoxy) is 6. The Balaban J connectivity index is 1.78. The maximum absolute atomic E-state index is 6.14. The predicted molar refractivity (Wildman–Crippen MR) is 185 cm³/mol. The van der Waals surface area contributed by atoms with Crippen LogP contribution in [0.3, 0.4) is 0 Å². The summed E-state index contributed by atoms with van der Waals surface area (Å²) < 4.78 is 33.9. The molecule has 46 heavy (non-hydrogen) atoms. The van der Waals surface area contributed by atoms with Crippen LogP contribution < -0.4 is 33.3 Å². The van der Waals surface area contributed by atoms with Crippen LogP contribution in [0.2, 0.25) is 0 Å². The summed E-state index contributed by atoms with van der Waals surface area (Å²) in [6.45, 7) is 6.84. The fourth-order valence-corrected chi connectivity index (χ4v) is 6.73. The van der Waals surface area contributed by atoms with Gasteiger partial charge in [0, 0.05) is 56.7 Å². The van der Waals surface area contributed by atoms with E-state index in [-0.39, 0.29) is 6.17 Å². The lowest BCUT2D eigenvalue weighted by atomic mass is 9.99. The maximum atomic E-state index is 6.14. The molecule has 0 amide bonds. The number of hydrogen-bond donors (Lipinski definition) is 0. The van der Waals surface area contributed by atoms with Crippen molar-refractivity contribution in [3.8, 4) is 34.5 Å². The summed E-state index contributed by atoms with van der Waals surface area (Å²) in [5.74, 6) is 4.78. The Morgan fingerprint density at radius 3 is 1.43 bits per heavy atom. The highest BCUT2D eigenvalue weighted by Crippen LogP contribution is 2.42. The summed E-state index contributed by atoms with van der Waals surface area (Å²) in [6.07, 6.45) is 0.984.